The number of methoxy groups -OCH3 is 1. The molecule has 10 nitrogen and oxygen atoms in total. The van der Waals surface area contributed by atoms with Crippen molar-refractivity contribution in [3.05, 3.63) is 78.4 Å². The fraction of sp³-hybridized carbons (Fsp3) is 0.475. The molecule has 1 spiro atoms. The van der Waals surface area contributed by atoms with Gasteiger partial charge < -0.3 is 30.1 Å². The topological polar surface area (TPSA) is 120 Å². The molecule has 6 atom stereocenters. The van der Waals surface area contributed by atoms with Crippen molar-refractivity contribution in [1.82, 2.24) is 10.2 Å². The van der Waals surface area contributed by atoms with Crippen molar-refractivity contribution in [2.45, 2.75) is 75.4 Å². The van der Waals surface area contributed by atoms with Crippen LogP contribution in [0.3, 0.4) is 0 Å². The molecule has 0 aromatic heterocycles. The van der Waals surface area contributed by atoms with Gasteiger partial charge in [-0.05, 0) is 80.2 Å². The number of benzene rings is 3. The van der Waals surface area contributed by atoms with E-state index in [2.05, 4.69) is 42.8 Å². The molecule has 0 saturated carbocycles. The zero-order valence-corrected chi connectivity index (χ0v) is 31.1. The van der Waals surface area contributed by atoms with Crippen molar-refractivity contribution in [3.8, 4) is 5.75 Å². The Kier molecular flexibility index (Phi) is 9.83. The fourth-order valence-corrected chi connectivity index (χ4v) is 13.3. The van der Waals surface area contributed by atoms with Gasteiger partial charge in [0.2, 0.25) is 11.8 Å². The summed E-state index contributed by atoms with van der Waals surface area (Å²) in [5.41, 5.74) is 1.23. The van der Waals surface area contributed by atoms with Crippen LogP contribution in [-0.4, -0.2) is 81.3 Å². The monoisotopic (exact) mass is 710 g/mol. The summed E-state index contributed by atoms with van der Waals surface area (Å²) in [6, 6.07) is 23.3. The molecule has 3 aromatic carbocycles. The SMILES string of the molecule is COc1ccc([Si](C)(C)[C@H]2[C@H](CC(=O)N3CCC[C@H]3CO)O[C@@]3(C(=O)N(c4ccccc4)c4ccc(NC(=O)C5CCCNC5)cc43)[C@@H]2C)cc1. The van der Waals surface area contributed by atoms with E-state index in [4.69, 9.17) is 9.47 Å². The van der Waals surface area contributed by atoms with Crippen molar-refractivity contribution in [2.75, 3.05) is 43.6 Å². The summed E-state index contributed by atoms with van der Waals surface area (Å²) in [4.78, 5) is 46.3. The average molecular weight is 711 g/mol. The third-order valence-electron chi connectivity index (χ3n) is 12.0. The summed E-state index contributed by atoms with van der Waals surface area (Å²) < 4.78 is 12.7. The molecule has 0 radical (unpaired) electrons. The molecule has 3 saturated heterocycles. The normalized spacial score (nSPS) is 27.5. The number of fused-ring (bicyclic) bond motifs is 2. The molecule has 0 aliphatic carbocycles. The summed E-state index contributed by atoms with van der Waals surface area (Å²) in [6.07, 6.45) is 2.94. The maximum absolute atomic E-state index is 15.2. The highest BCUT2D eigenvalue weighted by Crippen LogP contribution is 2.61. The molecule has 3 fully saturated rings. The fourth-order valence-electron chi connectivity index (χ4n) is 9.31. The van der Waals surface area contributed by atoms with E-state index in [0.29, 0.717) is 30.0 Å². The van der Waals surface area contributed by atoms with Crippen LogP contribution in [0.2, 0.25) is 18.6 Å². The van der Waals surface area contributed by atoms with Gasteiger partial charge in [0.15, 0.2) is 5.60 Å². The van der Waals surface area contributed by atoms with E-state index in [1.807, 2.05) is 60.7 Å². The van der Waals surface area contributed by atoms with Crippen LogP contribution >= 0.6 is 0 Å². The van der Waals surface area contributed by atoms with Gasteiger partial charge in [-0.3, -0.25) is 19.3 Å². The van der Waals surface area contributed by atoms with E-state index >= 15 is 4.79 Å². The molecule has 11 heteroatoms. The average Bonchev–Trinajstić information content (AvgIpc) is 3.82. The minimum atomic E-state index is -2.50. The first kappa shape index (κ1) is 35.4. The number of nitrogens with zero attached hydrogens (tertiary/aromatic N) is 2. The van der Waals surface area contributed by atoms with Gasteiger partial charge in [0.25, 0.3) is 5.91 Å². The number of carbonyl (C=O) groups is 3. The lowest BCUT2D eigenvalue weighted by molar-refractivity contribution is -0.149. The molecule has 270 valence electrons. The predicted molar refractivity (Wildman–Crippen MR) is 200 cm³/mol. The number of para-hydroxylation sites is 1. The van der Waals surface area contributed by atoms with Gasteiger partial charge in [0.05, 0.1) is 52.0 Å². The second kappa shape index (κ2) is 14.2. The number of rotatable bonds is 9. The summed E-state index contributed by atoms with van der Waals surface area (Å²) in [7, 11) is -0.845. The lowest BCUT2D eigenvalue weighted by atomic mass is 9.82. The minimum absolute atomic E-state index is 0.0423. The Morgan fingerprint density at radius 3 is 2.51 bits per heavy atom. The maximum atomic E-state index is 15.2. The molecule has 4 heterocycles. The van der Waals surface area contributed by atoms with Crippen LogP contribution in [0.4, 0.5) is 17.1 Å². The second-order valence-electron chi connectivity index (χ2n) is 15.2. The number of anilines is 3. The Balaban J connectivity index is 1.33. The van der Waals surface area contributed by atoms with Crippen molar-refractivity contribution in [1.29, 1.82) is 0 Å². The molecule has 3 N–H and O–H groups in total. The zero-order valence-electron chi connectivity index (χ0n) is 30.1. The molecule has 3 amide bonds. The second-order valence-corrected chi connectivity index (χ2v) is 19.9. The molecular formula is C40H50N4O6Si. The van der Waals surface area contributed by atoms with E-state index in [-0.39, 0.29) is 54.2 Å². The van der Waals surface area contributed by atoms with Crippen LogP contribution in [0.1, 0.15) is 44.6 Å². The Hall–Kier alpha value is -4.03. The van der Waals surface area contributed by atoms with Crippen LogP contribution in [0.5, 0.6) is 5.75 Å². The van der Waals surface area contributed by atoms with Crippen molar-refractivity contribution >= 4 is 48.0 Å². The number of aliphatic hydroxyl groups is 1. The van der Waals surface area contributed by atoms with E-state index < -0.39 is 19.8 Å². The number of piperidine rings is 1. The summed E-state index contributed by atoms with van der Waals surface area (Å²) >= 11 is 0. The van der Waals surface area contributed by atoms with Gasteiger partial charge in [-0.25, -0.2) is 0 Å². The first-order valence-electron chi connectivity index (χ1n) is 18.4. The van der Waals surface area contributed by atoms with Crippen molar-refractivity contribution in [2.24, 2.45) is 11.8 Å². The molecule has 1 unspecified atom stereocenters. The number of ether oxygens (including phenoxy) is 2. The van der Waals surface area contributed by atoms with E-state index in [9.17, 15) is 14.7 Å². The highest BCUT2D eigenvalue weighted by atomic mass is 28.3. The van der Waals surface area contributed by atoms with Gasteiger partial charge in [0, 0.05) is 35.9 Å². The van der Waals surface area contributed by atoms with Crippen molar-refractivity contribution in [3.63, 3.8) is 0 Å². The van der Waals surface area contributed by atoms with Crippen LogP contribution in [0.15, 0.2) is 72.8 Å². The summed E-state index contributed by atoms with van der Waals surface area (Å²) in [5.74, 6) is 0.0279. The van der Waals surface area contributed by atoms with Crippen LogP contribution < -0.4 is 25.5 Å². The molecule has 7 rings (SSSR count). The summed E-state index contributed by atoms with van der Waals surface area (Å²) in [6.45, 7) is 8.78. The number of aliphatic hydroxyl groups excluding tert-OH is 1. The van der Waals surface area contributed by atoms with Gasteiger partial charge in [-0.2, -0.15) is 0 Å². The van der Waals surface area contributed by atoms with E-state index in [0.717, 1.165) is 43.7 Å². The highest BCUT2D eigenvalue weighted by Gasteiger charge is 2.67. The molecule has 0 bridgehead atoms. The first-order chi connectivity index (χ1) is 24.6. The zero-order chi connectivity index (χ0) is 35.9. The van der Waals surface area contributed by atoms with E-state index in [1.54, 1.807) is 16.9 Å². The standard InChI is InChI=1S/C40H50N4O6Si/c1-26-37(51(3,4)32-17-15-31(49-2)16-18-32)35(23-36(46)43-21-9-13-30(43)25-45)50-40(26)33-22-28(42-38(47)27-10-8-20-41-24-27)14-19-34(33)44(39(40)48)29-11-6-5-7-12-29/h5-7,11-12,14-19,22,26-27,30,35,37,41,45H,8-10,13,20-21,23-25H2,1-4H3,(H,42,47)/t26-,27?,30+,35+,37-,40+/m1/s1. The largest absolute Gasteiger partial charge is 0.497 e. The number of nitrogens with one attached hydrogen (secondary N) is 2. The van der Waals surface area contributed by atoms with Gasteiger partial charge in [-0.15, -0.1) is 0 Å². The lowest BCUT2D eigenvalue weighted by Crippen LogP contribution is -2.52. The molecule has 3 aromatic rings. The van der Waals surface area contributed by atoms with Crippen LogP contribution in [0.25, 0.3) is 0 Å². The highest BCUT2D eigenvalue weighted by molar-refractivity contribution is 6.91. The van der Waals surface area contributed by atoms with Crippen LogP contribution in [-0.2, 0) is 24.7 Å². The molecular weight excluding hydrogens is 661 g/mol. The van der Waals surface area contributed by atoms with Crippen LogP contribution in [0, 0.1) is 11.8 Å². The quantitative estimate of drug-likeness (QED) is 0.271. The Labute approximate surface area is 301 Å². The Bertz CT molecular complexity index is 1760. The first-order valence-corrected chi connectivity index (χ1v) is 21.5. The third-order valence-corrected chi connectivity index (χ3v) is 16.3. The van der Waals surface area contributed by atoms with Crippen molar-refractivity contribution < 1.29 is 29.0 Å². The molecule has 4 aliphatic rings. The Morgan fingerprint density at radius 1 is 1.06 bits per heavy atom. The number of likely N-dealkylation sites (tertiary alicyclic amines) is 1. The van der Waals surface area contributed by atoms with Gasteiger partial charge in [0.1, 0.15) is 5.75 Å². The number of amides is 3. The number of hydrogen-bond acceptors (Lipinski definition) is 7. The van der Waals surface area contributed by atoms with E-state index in [1.165, 1.54) is 5.19 Å². The van der Waals surface area contributed by atoms with Gasteiger partial charge >= 0.3 is 0 Å². The number of hydrogen-bond donors (Lipinski definition) is 3. The van der Waals surface area contributed by atoms with Gasteiger partial charge in [-0.1, -0.05) is 55.5 Å². The molecule has 51 heavy (non-hydrogen) atoms. The molecule has 4 aliphatic heterocycles. The third kappa shape index (κ3) is 6.17. The predicted octanol–water partition coefficient (Wildman–Crippen LogP) is 4.90. The Morgan fingerprint density at radius 2 is 1.82 bits per heavy atom. The number of carbonyl (C=O) groups excluding carboxylic acids is 3. The summed E-state index contributed by atoms with van der Waals surface area (Å²) in [5, 5.41) is 17.7. The lowest BCUT2D eigenvalue weighted by Gasteiger charge is -2.37. The maximum Gasteiger partial charge on any atom is 0.268 e. The minimum Gasteiger partial charge on any atom is -0.497 e. The smallest absolute Gasteiger partial charge is 0.268 e.